The molecule has 0 saturated carbocycles. The summed E-state index contributed by atoms with van der Waals surface area (Å²) in [5.74, 6) is -0.0439. The Morgan fingerprint density at radius 1 is 1.48 bits per heavy atom. The van der Waals surface area contributed by atoms with Crippen molar-refractivity contribution in [2.45, 2.75) is 26.8 Å². The van der Waals surface area contributed by atoms with Gasteiger partial charge in [0.2, 0.25) is 11.9 Å². The number of halogens is 2. The second-order valence-electron chi connectivity index (χ2n) is 5.41. The molecule has 21 heavy (non-hydrogen) atoms. The zero-order valence-electron chi connectivity index (χ0n) is 12.2. The van der Waals surface area contributed by atoms with E-state index in [1.165, 1.54) is 6.07 Å². The molecule has 7 heteroatoms. The van der Waals surface area contributed by atoms with E-state index in [9.17, 15) is 9.18 Å². The maximum absolute atomic E-state index is 13.7. The fraction of sp³-hybridized carbons (Fsp3) is 0.429. The van der Waals surface area contributed by atoms with Gasteiger partial charge in [-0.25, -0.2) is 9.37 Å². The SMILES string of the molecule is CC(C)CNC(=O)C(C)n1c(N)nc2cc(Br)c(F)cc21. The number of nitrogen functional groups attached to an aromatic ring is 1. The number of nitrogens with two attached hydrogens (primary N) is 1. The van der Waals surface area contributed by atoms with Crippen LogP contribution in [0, 0.1) is 11.7 Å². The smallest absolute Gasteiger partial charge is 0.242 e. The topological polar surface area (TPSA) is 72.9 Å². The molecule has 1 atom stereocenters. The molecule has 1 aromatic carbocycles. The van der Waals surface area contributed by atoms with Crippen molar-refractivity contribution in [1.82, 2.24) is 14.9 Å². The molecule has 1 amide bonds. The molecule has 2 aromatic rings. The molecule has 1 unspecified atom stereocenters. The van der Waals surface area contributed by atoms with Crippen LogP contribution in [0.25, 0.3) is 11.0 Å². The molecule has 114 valence electrons. The van der Waals surface area contributed by atoms with Gasteiger partial charge in [0.1, 0.15) is 11.9 Å². The number of hydrogen-bond acceptors (Lipinski definition) is 3. The van der Waals surface area contributed by atoms with Gasteiger partial charge in [0.25, 0.3) is 0 Å². The number of benzene rings is 1. The molecular formula is C14H18BrFN4O. The Kier molecular flexibility index (Phi) is 4.51. The Morgan fingerprint density at radius 3 is 2.76 bits per heavy atom. The normalized spacial score (nSPS) is 12.9. The number of fused-ring (bicyclic) bond motifs is 1. The molecule has 0 saturated heterocycles. The van der Waals surface area contributed by atoms with Crippen molar-refractivity contribution in [2.75, 3.05) is 12.3 Å². The lowest BCUT2D eigenvalue weighted by atomic mass is 10.2. The van der Waals surface area contributed by atoms with E-state index in [0.29, 0.717) is 28.0 Å². The minimum Gasteiger partial charge on any atom is -0.369 e. The highest BCUT2D eigenvalue weighted by Crippen LogP contribution is 2.27. The maximum Gasteiger partial charge on any atom is 0.242 e. The van der Waals surface area contributed by atoms with Gasteiger partial charge in [0.05, 0.1) is 15.5 Å². The van der Waals surface area contributed by atoms with Crippen molar-refractivity contribution < 1.29 is 9.18 Å². The molecule has 1 heterocycles. The first kappa shape index (κ1) is 15.8. The number of carbonyl (C=O) groups excluding carboxylic acids is 1. The van der Waals surface area contributed by atoms with Crippen LogP contribution in [-0.4, -0.2) is 22.0 Å². The summed E-state index contributed by atoms with van der Waals surface area (Å²) < 4.78 is 15.6. The Morgan fingerprint density at radius 2 is 2.14 bits per heavy atom. The summed E-state index contributed by atoms with van der Waals surface area (Å²) in [7, 11) is 0. The number of nitrogens with zero attached hydrogens (tertiary/aromatic N) is 2. The van der Waals surface area contributed by atoms with Crippen molar-refractivity contribution in [2.24, 2.45) is 5.92 Å². The number of carbonyl (C=O) groups is 1. The van der Waals surface area contributed by atoms with Gasteiger partial charge in [-0.1, -0.05) is 13.8 Å². The summed E-state index contributed by atoms with van der Waals surface area (Å²) >= 11 is 3.11. The second kappa shape index (κ2) is 6.01. The molecular weight excluding hydrogens is 339 g/mol. The molecule has 3 N–H and O–H groups in total. The zero-order valence-corrected chi connectivity index (χ0v) is 13.7. The number of amides is 1. The van der Waals surface area contributed by atoms with Gasteiger partial charge in [-0.15, -0.1) is 0 Å². The van der Waals surface area contributed by atoms with Crippen LogP contribution in [0.4, 0.5) is 10.3 Å². The van der Waals surface area contributed by atoms with Crippen LogP contribution in [0.2, 0.25) is 0 Å². The predicted molar refractivity (Wildman–Crippen MR) is 84.4 cm³/mol. The number of anilines is 1. The molecule has 0 aliphatic rings. The van der Waals surface area contributed by atoms with E-state index < -0.39 is 11.9 Å². The van der Waals surface area contributed by atoms with Gasteiger partial charge < -0.3 is 11.1 Å². The standard InChI is InChI=1S/C14H18BrFN4O/c1-7(2)6-18-13(21)8(3)20-12-5-10(16)9(15)4-11(12)19-14(20)17/h4-5,7-8H,6H2,1-3H3,(H2,17,19)(H,18,21). The fourth-order valence-corrected chi connectivity index (χ4v) is 2.42. The molecule has 0 aliphatic heterocycles. The molecule has 0 fully saturated rings. The highest BCUT2D eigenvalue weighted by molar-refractivity contribution is 9.10. The minimum absolute atomic E-state index is 0.168. The van der Waals surface area contributed by atoms with Gasteiger partial charge >= 0.3 is 0 Å². The number of rotatable bonds is 4. The van der Waals surface area contributed by atoms with E-state index in [1.807, 2.05) is 13.8 Å². The third kappa shape index (κ3) is 3.18. The summed E-state index contributed by atoms with van der Waals surface area (Å²) in [5, 5.41) is 2.84. The van der Waals surface area contributed by atoms with E-state index in [0.717, 1.165) is 0 Å². The molecule has 0 radical (unpaired) electrons. The largest absolute Gasteiger partial charge is 0.369 e. The van der Waals surface area contributed by atoms with Crippen molar-refractivity contribution >= 4 is 38.8 Å². The van der Waals surface area contributed by atoms with E-state index in [-0.39, 0.29) is 11.9 Å². The number of nitrogens with one attached hydrogen (secondary N) is 1. The Balaban J connectivity index is 2.39. The average molecular weight is 357 g/mol. The summed E-state index contributed by atoms with van der Waals surface area (Å²) in [5.41, 5.74) is 6.93. The van der Waals surface area contributed by atoms with E-state index in [2.05, 4.69) is 26.2 Å². The number of imidazole rings is 1. The average Bonchev–Trinajstić information content (AvgIpc) is 2.71. The van der Waals surface area contributed by atoms with Crippen molar-refractivity contribution in [3.63, 3.8) is 0 Å². The quantitative estimate of drug-likeness (QED) is 0.884. The van der Waals surface area contributed by atoms with Crippen LogP contribution in [0.3, 0.4) is 0 Å². The molecule has 0 aliphatic carbocycles. The lowest BCUT2D eigenvalue weighted by Gasteiger charge is -2.17. The van der Waals surface area contributed by atoms with Crippen LogP contribution in [-0.2, 0) is 4.79 Å². The minimum atomic E-state index is -0.561. The first-order chi connectivity index (χ1) is 9.81. The molecule has 1 aromatic heterocycles. The van der Waals surface area contributed by atoms with Crippen LogP contribution in [0.5, 0.6) is 0 Å². The van der Waals surface area contributed by atoms with E-state index in [1.54, 1.807) is 17.6 Å². The van der Waals surface area contributed by atoms with Crippen molar-refractivity contribution in [3.05, 3.63) is 22.4 Å². The fourth-order valence-electron chi connectivity index (χ4n) is 2.09. The number of hydrogen-bond donors (Lipinski definition) is 2. The zero-order chi connectivity index (χ0) is 15.7. The lowest BCUT2D eigenvalue weighted by Crippen LogP contribution is -2.33. The van der Waals surface area contributed by atoms with Crippen LogP contribution in [0.1, 0.15) is 26.8 Å². The van der Waals surface area contributed by atoms with Gasteiger partial charge in [0.15, 0.2) is 0 Å². The van der Waals surface area contributed by atoms with Crippen LogP contribution >= 0.6 is 15.9 Å². The Bertz CT molecular complexity index is 683. The van der Waals surface area contributed by atoms with Crippen LogP contribution < -0.4 is 11.1 Å². The van der Waals surface area contributed by atoms with Crippen LogP contribution in [0.15, 0.2) is 16.6 Å². The van der Waals surface area contributed by atoms with Gasteiger partial charge in [-0.3, -0.25) is 9.36 Å². The van der Waals surface area contributed by atoms with Gasteiger partial charge in [0, 0.05) is 12.6 Å². The first-order valence-corrected chi connectivity index (χ1v) is 7.50. The Labute approximate surface area is 130 Å². The highest BCUT2D eigenvalue weighted by atomic mass is 79.9. The van der Waals surface area contributed by atoms with E-state index >= 15 is 0 Å². The summed E-state index contributed by atoms with van der Waals surface area (Å²) in [6.45, 7) is 6.32. The second-order valence-corrected chi connectivity index (χ2v) is 6.26. The molecule has 0 spiro atoms. The molecule has 0 bridgehead atoms. The molecule has 2 rings (SSSR count). The lowest BCUT2D eigenvalue weighted by molar-refractivity contribution is -0.123. The predicted octanol–water partition coefficient (Wildman–Crippen LogP) is 2.85. The Hall–Kier alpha value is -1.63. The third-order valence-corrected chi connectivity index (χ3v) is 3.82. The van der Waals surface area contributed by atoms with Gasteiger partial charge in [-0.05, 0) is 34.8 Å². The summed E-state index contributed by atoms with van der Waals surface area (Å²) in [6.07, 6.45) is 0. The van der Waals surface area contributed by atoms with Gasteiger partial charge in [-0.2, -0.15) is 0 Å². The number of aromatic nitrogens is 2. The monoisotopic (exact) mass is 356 g/mol. The van der Waals surface area contributed by atoms with Crippen molar-refractivity contribution in [3.8, 4) is 0 Å². The molecule has 5 nitrogen and oxygen atoms in total. The highest BCUT2D eigenvalue weighted by Gasteiger charge is 2.21. The summed E-state index contributed by atoms with van der Waals surface area (Å²) in [4.78, 5) is 16.4. The first-order valence-electron chi connectivity index (χ1n) is 6.71. The summed E-state index contributed by atoms with van der Waals surface area (Å²) in [6, 6.07) is 2.32. The van der Waals surface area contributed by atoms with Crippen molar-refractivity contribution in [1.29, 1.82) is 0 Å². The maximum atomic E-state index is 13.7. The van der Waals surface area contributed by atoms with E-state index in [4.69, 9.17) is 5.73 Å². The third-order valence-electron chi connectivity index (χ3n) is 3.21.